The highest BCUT2D eigenvalue weighted by molar-refractivity contribution is 5.91. The van der Waals surface area contributed by atoms with E-state index >= 15 is 0 Å². The van der Waals surface area contributed by atoms with Crippen LogP contribution in [0.15, 0.2) is 36.5 Å². The van der Waals surface area contributed by atoms with Gasteiger partial charge in [-0.15, -0.1) is 0 Å². The van der Waals surface area contributed by atoms with Gasteiger partial charge in [-0.1, -0.05) is 24.3 Å². The highest BCUT2D eigenvalue weighted by atomic mass is 16.6. The first-order valence-electron chi connectivity index (χ1n) is 11.8. The predicted octanol–water partition coefficient (Wildman–Crippen LogP) is 2.75. The fraction of sp³-hybridized carbons (Fsp3) is 0.440. The number of carbonyl (C=O) groups is 3. The van der Waals surface area contributed by atoms with E-state index in [0.717, 1.165) is 23.2 Å². The van der Waals surface area contributed by atoms with Crippen LogP contribution >= 0.6 is 0 Å². The van der Waals surface area contributed by atoms with Crippen molar-refractivity contribution in [2.75, 3.05) is 37.8 Å². The van der Waals surface area contributed by atoms with Gasteiger partial charge in [-0.2, -0.15) is 0 Å². The molecule has 0 spiro atoms. The molecule has 3 amide bonds. The van der Waals surface area contributed by atoms with E-state index in [1.54, 1.807) is 11.1 Å². The molecule has 0 saturated carbocycles. The zero-order valence-electron chi connectivity index (χ0n) is 20.0. The molecule has 1 unspecified atom stereocenters. The lowest BCUT2D eigenvalue weighted by Crippen LogP contribution is -2.50. The van der Waals surface area contributed by atoms with E-state index in [1.807, 2.05) is 42.2 Å². The lowest BCUT2D eigenvalue weighted by atomic mass is 10.0. The number of nitrogens with one attached hydrogen (secondary N) is 1. The summed E-state index contributed by atoms with van der Waals surface area (Å²) in [5.41, 5.74) is 9.22. The summed E-state index contributed by atoms with van der Waals surface area (Å²) in [6, 6.07) is 9.53. The van der Waals surface area contributed by atoms with E-state index in [9.17, 15) is 14.4 Å². The van der Waals surface area contributed by atoms with Crippen LogP contribution in [-0.2, 0) is 27.1 Å². The topological polar surface area (TPSA) is 127 Å². The van der Waals surface area contributed by atoms with E-state index in [0.29, 0.717) is 43.9 Å². The first-order valence-corrected chi connectivity index (χ1v) is 11.8. The molecule has 2 aliphatic rings. The highest BCUT2D eigenvalue weighted by Gasteiger charge is 2.33. The van der Waals surface area contributed by atoms with Crippen molar-refractivity contribution in [3.63, 3.8) is 0 Å². The van der Waals surface area contributed by atoms with Crippen molar-refractivity contribution in [3.05, 3.63) is 53.2 Å². The lowest BCUT2D eigenvalue weighted by molar-refractivity contribution is -0.151. The molecule has 2 aromatic rings. The van der Waals surface area contributed by atoms with Gasteiger partial charge in [-0.05, 0) is 48.9 Å². The van der Waals surface area contributed by atoms with Crippen LogP contribution in [0.25, 0.3) is 0 Å². The number of hydrogen-bond donors (Lipinski definition) is 2. The Hall–Kier alpha value is -3.82. The standard InChI is InChI=1S/C25H31N5O5/c1-16-13-17(15-27-22(16)26)14-21(23(31)34-2)35-25(33)29-10-8-19(9-11-29)30-12-7-18-5-3-4-6-20(18)28-24(30)32/h3-6,13,15,19,21H,7-12,14H2,1-2H3,(H2,26,27)(H,28,32). The summed E-state index contributed by atoms with van der Waals surface area (Å²) in [6.45, 7) is 3.29. The molecule has 3 N–H and O–H groups in total. The molecule has 1 aromatic carbocycles. The molecule has 10 nitrogen and oxygen atoms in total. The Balaban J connectivity index is 1.34. The van der Waals surface area contributed by atoms with Gasteiger partial charge in [0.05, 0.1) is 7.11 Å². The number of methoxy groups -OCH3 is 1. The number of aromatic nitrogens is 1. The molecule has 10 heteroatoms. The molecule has 4 rings (SSSR count). The second-order valence-electron chi connectivity index (χ2n) is 8.89. The molecule has 1 saturated heterocycles. The third-order valence-electron chi connectivity index (χ3n) is 6.61. The largest absolute Gasteiger partial charge is 0.466 e. The van der Waals surface area contributed by atoms with Crippen molar-refractivity contribution in [1.82, 2.24) is 14.8 Å². The summed E-state index contributed by atoms with van der Waals surface area (Å²) in [5.74, 6) is -0.228. The Labute approximate surface area is 204 Å². The molecule has 0 bridgehead atoms. The number of nitrogens with two attached hydrogens (primary N) is 1. The van der Waals surface area contributed by atoms with Gasteiger partial charge in [-0.25, -0.2) is 19.4 Å². The summed E-state index contributed by atoms with van der Waals surface area (Å²) in [5, 5.41) is 3.00. The Morgan fingerprint density at radius 3 is 2.69 bits per heavy atom. The third kappa shape index (κ3) is 5.64. The van der Waals surface area contributed by atoms with Gasteiger partial charge in [0.1, 0.15) is 5.82 Å². The quantitative estimate of drug-likeness (QED) is 0.629. The third-order valence-corrected chi connectivity index (χ3v) is 6.61. The van der Waals surface area contributed by atoms with E-state index < -0.39 is 18.2 Å². The Kier molecular flexibility index (Phi) is 7.38. The number of hydrogen-bond acceptors (Lipinski definition) is 7. The second kappa shape index (κ2) is 10.6. The second-order valence-corrected chi connectivity index (χ2v) is 8.89. The van der Waals surface area contributed by atoms with Crippen molar-refractivity contribution in [1.29, 1.82) is 0 Å². The van der Waals surface area contributed by atoms with Gasteiger partial charge >= 0.3 is 18.1 Å². The molecule has 0 radical (unpaired) electrons. The van der Waals surface area contributed by atoms with Crippen molar-refractivity contribution < 1.29 is 23.9 Å². The fourth-order valence-corrected chi connectivity index (χ4v) is 4.57. The first kappa shape index (κ1) is 24.3. The molecule has 1 fully saturated rings. The summed E-state index contributed by atoms with van der Waals surface area (Å²) in [6.07, 6.45) is 2.06. The maximum absolute atomic E-state index is 12.9. The summed E-state index contributed by atoms with van der Waals surface area (Å²) >= 11 is 0. The van der Waals surface area contributed by atoms with Gasteiger partial charge in [0.25, 0.3) is 0 Å². The first-order chi connectivity index (χ1) is 16.9. The highest BCUT2D eigenvalue weighted by Crippen LogP contribution is 2.25. The average molecular weight is 482 g/mol. The molecule has 0 aliphatic carbocycles. The van der Waals surface area contributed by atoms with E-state index in [2.05, 4.69) is 10.3 Å². The zero-order valence-corrected chi connectivity index (χ0v) is 20.0. The van der Waals surface area contributed by atoms with E-state index in [-0.39, 0.29) is 18.5 Å². The SMILES string of the molecule is COC(=O)C(Cc1cnc(N)c(C)c1)OC(=O)N1CCC(N2CCc3ccccc3NC2=O)CC1. The van der Waals surface area contributed by atoms with Crippen LogP contribution in [0, 0.1) is 6.92 Å². The summed E-state index contributed by atoms with van der Waals surface area (Å²) < 4.78 is 10.4. The summed E-state index contributed by atoms with van der Waals surface area (Å²) in [4.78, 5) is 45.5. The van der Waals surface area contributed by atoms with Crippen molar-refractivity contribution in [2.24, 2.45) is 0 Å². The van der Waals surface area contributed by atoms with Gasteiger partial charge < -0.3 is 30.3 Å². The van der Waals surface area contributed by atoms with Gasteiger partial charge in [0.15, 0.2) is 0 Å². The van der Waals surface area contributed by atoms with Crippen LogP contribution in [0.4, 0.5) is 21.1 Å². The van der Waals surface area contributed by atoms with Crippen LogP contribution in [0.5, 0.6) is 0 Å². The lowest BCUT2D eigenvalue weighted by Gasteiger charge is -2.37. The molecule has 3 heterocycles. The number of carbonyl (C=O) groups excluding carboxylic acids is 3. The Morgan fingerprint density at radius 1 is 1.23 bits per heavy atom. The number of nitrogen functional groups attached to an aromatic ring is 1. The van der Waals surface area contributed by atoms with Crippen molar-refractivity contribution >= 4 is 29.6 Å². The Bertz CT molecular complexity index is 1100. The van der Waals surface area contributed by atoms with Gasteiger partial charge in [0.2, 0.25) is 6.10 Å². The van der Waals surface area contributed by atoms with Crippen LogP contribution in [-0.4, -0.2) is 71.8 Å². The number of fused-ring (bicyclic) bond motifs is 1. The number of pyridine rings is 1. The van der Waals surface area contributed by atoms with Crippen LogP contribution in [0.1, 0.15) is 29.5 Å². The van der Waals surface area contributed by atoms with Crippen molar-refractivity contribution in [2.45, 2.75) is 44.8 Å². The van der Waals surface area contributed by atoms with E-state index in [4.69, 9.17) is 15.2 Å². The van der Waals surface area contributed by atoms with Crippen LogP contribution in [0.3, 0.4) is 0 Å². The van der Waals surface area contributed by atoms with Crippen molar-refractivity contribution in [3.8, 4) is 0 Å². The van der Waals surface area contributed by atoms with E-state index in [1.165, 1.54) is 7.11 Å². The minimum Gasteiger partial charge on any atom is -0.466 e. The zero-order chi connectivity index (χ0) is 24.9. The van der Waals surface area contributed by atoms with Crippen LogP contribution in [0.2, 0.25) is 0 Å². The van der Waals surface area contributed by atoms with Gasteiger partial charge in [0, 0.05) is 44.0 Å². The molecule has 186 valence electrons. The number of likely N-dealkylation sites (tertiary alicyclic amines) is 1. The average Bonchev–Trinajstić information content (AvgIpc) is 3.03. The maximum atomic E-state index is 12.9. The number of nitrogens with zero attached hydrogens (tertiary/aromatic N) is 3. The smallest absolute Gasteiger partial charge is 0.410 e. The summed E-state index contributed by atoms with van der Waals surface area (Å²) in [7, 11) is 1.26. The van der Waals surface area contributed by atoms with Gasteiger partial charge in [-0.3, -0.25) is 0 Å². The molecular formula is C25H31N5O5. The normalized spacial score (nSPS) is 17.1. The number of amides is 3. The fourth-order valence-electron chi connectivity index (χ4n) is 4.57. The monoisotopic (exact) mass is 481 g/mol. The minimum atomic E-state index is -1.09. The predicted molar refractivity (Wildman–Crippen MR) is 130 cm³/mol. The molecular weight excluding hydrogens is 450 g/mol. The van der Waals surface area contributed by atoms with Crippen LogP contribution < -0.4 is 11.1 Å². The Morgan fingerprint density at radius 2 is 1.97 bits per heavy atom. The number of benzene rings is 1. The maximum Gasteiger partial charge on any atom is 0.410 e. The molecule has 2 aliphatic heterocycles. The molecule has 1 aromatic heterocycles. The number of rotatable bonds is 5. The number of piperidine rings is 1. The molecule has 35 heavy (non-hydrogen) atoms. The number of ether oxygens (including phenoxy) is 2. The minimum absolute atomic E-state index is 0.0218. The number of para-hydroxylation sites is 1. The number of esters is 1. The number of anilines is 2. The number of aryl methyl sites for hydroxylation is 1. The number of urea groups is 1. The molecule has 1 atom stereocenters.